The van der Waals surface area contributed by atoms with Crippen molar-refractivity contribution in [2.75, 3.05) is 23.5 Å². The Bertz CT molecular complexity index is 1590. The number of carbonyl (C=O) groups excluding carboxylic acids is 4. The molecule has 214 valence electrons. The molecule has 42 heavy (non-hydrogen) atoms. The molecule has 2 amide bonds. The van der Waals surface area contributed by atoms with Crippen molar-refractivity contribution in [1.82, 2.24) is 0 Å². The van der Waals surface area contributed by atoms with Gasteiger partial charge in [0, 0.05) is 21.6 Å². The quantitative estimate of drug-likeness (QED) is 0.112. The summed E-state index contributed by atoms with van der Waals surface area (Å²) < 4.78 is 10.1. The SMILES string of the molecule is COC(=O)CSc1cc(NC(=O)OC(C)(C)C)c(NC(=O)CC(=O)c2cccc(C#N)c2)cc1C#Cc1ccccc1. The molecule has 0 spiro atoms. The fourth-order valence-electron chi connectivity index (χ4n) is 3.48. The van der Waals surface area contributed by atoms with E-state index in [1.807, 2.05) is 36.4 Å². The fraction of sp³-hybridized carbons (Fsp3) is 0.219. The van der Waals surface area contributed by atoms with Gasteiger partial charge in [0.1, 0.15) is 5.60 Å². The standard InChI is InChI=1S/C32H29N3O6S/c1-32(2,3)41-31(39)35-26-17-28(42-20-30(38)40-4)24(14-13-21-9-6-5-7-10-21)16-25(26)34-29(37)18-27(36)23-12-8-11-22(15-23)19-33/h5-12,15-17H,18,20H2,1-4H3,(H,34,37)(H,35,39). The second-order valence-corrected chi connectivity index (χ2v) is 10.9. The predicted molar refractivity (Wildman–Crippen MR) is 160 cm³/mol. The van der Waals surface area contributed by atoms with Crippen molar-refractivity contribution in [3.63, 3.8) is 0 Å². The molecule has 10 heteroatoms. The van der Waals surface area contributed by atoms with Crippen molar-refractivity contribution >= 4 is 46.9 Å². The Hall–Kier alpha value is -5.06. The second kappa shape index (κ2) is 14.5. The van der Waals surface area contributed by atoms with E-state index in [0.717, 1.165) is 17.3 Å². The minimum atomic E-state index is -0.790. The van der Waals surface area contributed by atoms with Crippen molar-refractivity contribution in [2.45, 2.75) is 37.7 Å². The first-order chi connectivity index (χ1) is 20.0. The lowest BCUT2D eigenvalue weighted by Gasteiger charge is -2.21. The smallest absolute Gasteiger partial charge is 0.412 e. The molecule has 0 aliphatic heterocycles. The minimum absolute atomic E-state index is 0.0234. The average molecular weight is 584 g/mol. The number of thioether (sulfide) groups is 1. The Kier molecular flexibility index (Phi) is 10.9. The fourth-order valence-corrected chi connectivity index (χ4v) is 4.34. The van der Waals surface area contributed by atoms with Crippen molar-refractivity contribution in [1.29, 1.82) is 5.26 Å². The van der Waals surface area contributed by atoms with Crippen LogP contribution in [-0.2, 0) is 19.1 Å². The van der Waals surface area contributed by atoms with E-state index >= 15 is 0 Å². The number of rotatable bonds is 8. The first kappa shape index (κ1) is 31.5. The molecule has 0 heterocycles. The number of carbonyl (C=O) groups is 4. The lowest BCUT2D eigenvalue weighted by Crippen LogP contribution is -2.28. The van der Waals surface area contributed by atoms with E-state index in [9.17, 15) is 19.2 Å². The lowest BCUT2D eigenvalue weighted by molar-refractivity contribution is -0.137. The third-order valence-electron chi connectivity index (χ3n) is 5.35. The van der Waals surface area contributed by atoms with Gasteiger partial charge >= 0.3 is 12.1 Å². The van der Waals surface area contributed by atoms with Crippen LogP contribution in [0.1, 0.15) is 54.2 Å². The molecule has 0 saturated heterocycles. The van der Waals surface area contributed by atoms with Gasteiger partial charge in [-0.2, -0.15) is 5.26 Å². The number of amides is 2. The van der Waals surface area contributed by atoms with Crippen molar-refractivity contribution < 1.29 is 28.7 Å². The summed E-state index contributed by atoms with van der Waals surface area (Å²) in [5.74, 6) is 4.51. The summed E-state index contributed by atoms with van der Waals surface area (Å²) in [5, 5.41) is 14.4. The molecule has 9 nitrogen and oxygen atoms in total. The predicted octanol–water partition coefficient (Wildman–Crippen LogP) is 5.78. The van der Waals surface area contributed by atoms with Gasteiger partial charge in [0.25, 0.3) is 0 Å². The van der Waals surface area contributed by atoms with Crippen LogP contribution in [0.3, 0.4) is 0 Å². The number of ether oxygens (including phenoxy) is 2. The Morgan fingerprint density at radius 1 is 0.881 bits per heavy atom. The van der Waals surface area contributed by atoms with Gasteiger partial charge in [-0.1, -0.05) is 42.2 Å². The molecule has 0 radical (unpaired) electrons. The van der Waals surface area contributed by atoms with Gasteiger partial charge in [0.05, 0.1) is 42.3 Å². The number of hydrogen-bond donors (Lipinski definition) is 2. The van der Waals surface area contributed by atoms with E-state index in [0.29, 0.717) is 16.0 Å². The number of nitrogens with one attached hydrogen (secondary N) is 2. The van der Waals surface area contributed by atoms with Gasteiger partial charge in [0.2, 0.25) is 5.91 Å². The van der Waals surface area contributed by atoms with Gasteiger partial charge < -0.3 is 14.8 Å². The van der Waals surface area contributed by atoms with Crippen LogP contribution < -0.4 is 10.6 Å². The van der Waals surface area contributed by atoms with E-state index in [1.54, 1.807) is 45.0 Å². The number of benzene rings is 3. The average Bonchev–Trinajstić information content (AvgIpc) is 2.95. The molecule has 0 aliphatic carbocycles. The van der Waals surface area contributed by atoms with E-state index in [2.05, 4.69) is 22.5 Å². The first-order valence-corrected chi connectivity index (χ1v) is 13.7. The summed E-state index contributed by atoms with van der Waals surface area (Å²) in [6.45, 7) is 5.13. The lowest BCUT2D eigenvalue weighted by atomic mass is 10.1. The van der Waals surface area contributed by atoms with Crippen LogP contribution in [0.15, 0.2) is 71.6 Å². The van der Waals surface area contributed by atoms with Crippen LogP contribution in [0.4, 0.5) is 16.2 Å². The van der Waals surface area contributed by atoms with Crippen LogP contribution in [0, 0.1) is 23.2 Å². The molecule has 3 rings (SSSR count). The minimum Gasteiger partial charge on any atom is -0.468 e. The molecule has 3 aromatic rings. The Labute approximate surface area is 248 Å². The Morgan fingerprint density at radius 2 is 1.57 bits per heavy atom. The second-order valence-electron chi connectivity index (χ2n) is 9.84. The van der Waals surface area contributed by atoms with Gasteiger partial charge in [-0.05, 0) is 57.2 Å². The topological polar surface area (TPSA) is 135 Å². The Balaban J connectivity index is 2.00. The summed E-state index contributed by atoms with van der Waals surface area (Å²) in [6, 6.07) is 20.4. The molecule has 0 aliphatic rings. The number of Topliss-reactive ketones (excluding diaryl/α,β-unsaturated/α-hetero) is 1. The first-order valence-electron chi connectivity index (χ1n) is 12.8. The highest BCUT2D eigenvalue weighted by Crippen LogP contribution is 2.33. The summed E-state index contributed by atoms with van der Waals surface area (Å²) in [6.07, 6.45) is -1.28. The normalized spacial score (nSPS) is 10.4. The zero-order valence-corrected chi connectivity index (χ0v) is 24.4. The Morgan fingerprint density at radius 3 is 2.24 bits per heavy atom. The maximum Gasteiger partial charge on any atom is 0.412 e. The zero-order valence-electron chi connectivity index (χ0n) is 23.6. The molecular weight excluding hydrogens is 554 g/mol. The van der Waals surface area contributed by atoms with Crippen LogP contribution in [0.2, 0.25) is 0 Å². The highest BCUT2D eigenvalue weighted by atomic mass is 32.2. The third kappa shape index (κ3) is 9.84. The molecule has 0 unspecified atom stereocenters. The summed E-state index contributed by atoms with van der Waals surface area (Å²) in [7, 11) is 1.28. The van der Waals surface area contributed by atoms with Crippen LogP contribution in [-0.4, -0.2) is 42.2 Å². The van der Waals surface area contributed by atoms with E-state index in [1.165, 1.54) is 19.2 Å². The van der Waals surface area contributed by atoms with Crippen LogP contribution in [0.25, 0.3) is 0 Å². The number of anilines is 2. The summed E-state index contributed by atoms with van der Waals surface area (Å²) >= 11 is 1.15. The molecule has 0 atom stereocenters. The van der Waals surface area contributed by atoms with Gasteiger partial charge in [0.15, 0.2) is 5.78 Å². The van der Waals surface area contributed by atoms with E-state index in [4.69, 9.17) is 14.7 Å². The molecule has 0 bridgehead atoms. The van der Waals surface area contributed by atoms with Crippen molar-refractivity contribution in [3.8, 4) is 17.9 Å². The van der Waals surface area contributed by atoms with E-state index in [-0.39, 0.29) is 22.7 Å². The summed E-state index contributed by atoms with van der Waals surface area (Å²) in [5.41, 5.74) is 1.28. The number of nitrogens with zero attached hydrogens (tertiary/aromatic N) is 1. The summed E-state index contributed by atoms with van der Waals surface area (Å²) in [4.78, 5) is 50.9. The molecule has 3 aromatic carbocycles. The molecular formula is C32H29N3O6S. The van der Waals surface area contributed by atoms with Crippen molar-refractivity contribution in [2.24, 2.45) is 0 Å². The van der Waals surface area contributed by atoms with Gasteiger partial charge in [-0.25, -0.2) is 4.79 Å². The number of hydrogen-bond acceptors (Lipinski definition) is 8. The molecule has 0 aromatic heterocycles. The van der Waals surface area contributed by atoms with Crippen LogP contribution in [0.5, 0.6) is 0 Å². The van der Waals surface area contributed by atoms with Crippen LogP contribution >= 0.6 is 11.8 Å². The van der Waals surface area contributed by atoms with Gasteiger partial charge in [-0.15, -0.1) is 11.8 Å². The monoisotopic (exact) mass is 583 g/mol. The van der Waals surface area contributed by atoms with E-state index < -0.39 is 35.8 Å². The third-order valence-corrected chi connectivity index (χ3v) is 6.38. The number of esters is 1. The number of nitriles is 1. The maximum absolute atomic E-state index is 13.0. The zero-order chi connectivity index (χ0) is 30.7. The molecule has 0 fully saturated rings. The largest absolute Gasteiger partial charge is 0.468 e. The van der Waals surface area contributed by atoms with Gasteiger partial charge in [-0.3, -0.25) is 19.7 Å². The highest BCUT2D eigenvalue weighted by Gasteiger charge is 2.21. The number of ketones is 1. The molecule has 2 N–H and O–H groups in total. The molecule has 0 saturated carbocycles. The highest BCUT2D eigenvalue weighted by molar-refractivity contribution is 8.00. The number of methoxy groups -OCH3 is 1. The maximum atomic E-state index is 13.0. The van der Waals surface area contributed by atoms with Crippen molar-refractivity contribution in [3.05, 3.63) is 89.0 Å².